The maximum absolute atomic E-state index is 11.6. The standard InChI is InChI=1S/C20H30O5/c1-15-11-12-16(19(22)23)17(14-15)24-13-9-7-5-6-8-10-18(21)25-20(2,3)4/h11-12,14H,5-10,13H2,1-4H3,(H,22,23). The van der Waals surface area contributed by atoms with E-state index in [0.29, 0.717) is 18.8 Å². The molecule has 0 aliphatic rings. The van der Waals surface area contributed by atoms with Crippen molar-refractivity contribution in [2.24, 2.45) is 0 Å². The van der Waals surface area contributed by atoms with E-state index in [1.54, 1.807) is 18.2 Å². The summed E-state index contributed by atoms with van der Waals surface area (Å²) in [5.41, 5.74) is 0.754. The summed E-state index contributed by atoms with van der Waals surface area (Å²) in [6.07, 6.45) is 5.13. The summed E-state index contributed by atoms with van der Waals surface area (Å²) in [6, 6.07) is 5.09. The van der Waals surface area contributed by atoms with E-state index >= 15 is 0 Å². The largest absolute Gasteiger partial charge is 0.493 e. The second-order valence-corrected chi connectivity index (χ2v) is 7.26. The molecule has 0 saturated heterocycles. The SMILES string of the molecule is Cc1ccc(C(=O)O)c(OCCCCCCCC(=O)OC(C)(C)C)c1. The third-order valence-electron chi connectivity index (χ3n) is 3.57. The Kier molecular flexibility index (Phi) is 8.46. The Morgan fingerprint density at radius 2 is 1.68 bits per heavy atom. The van der Waals surface area contributed by atoms with Crippen molar-refractivity contribution in [1.82, 2.24) is 0 Å². The van der Waals surface area contributed by atoms with E-state index < -0.39 is 11.6 Å². The number of rotatable bonds is 10. The first-order valence-corrected chi connectivity index (χ1v) is 8.87. The number of ether oxygens (including phenoxy) is 2. The highest BCUT2D eigenvalue weighted by molar-refractivity contribution is 5.90. The zero-order valence-electron chi connectivity index (χ0n) is 15.8. The number of unbranched alkanes of at least 4 members (excludes halogenated alkanes) is 4. The zero-order valence-corrected chi connectivity index (χ0v) is 15.8. The van der Waals surface area contributed by atoms with E-state index in [4.69, 9.17) is 14.6 Å². The van der Waals surface area contributed by atoms with Crippen LogP contribution >= 0.6 is 0 Å². The van der Waals surface area contributed by atoms with Crippen LogP contribution in [0.15, 0.2) is 18.2 Å². The van der Waals surface area contributed by atoms with Gasteiger partial charge in [0.15, 0.2) is 0 Å². The van der Waals surface area contributed by atoms with Crippen molar-refractivity contribution in [1.29, 1.82) is 0 Å². The molecule has 0 atom stereocenters. The van der Waals surface area contributed by atoms with E-state index in [9.17, 15) is 9.59 Å². The topological polar surface area (TPSA) is 72.8 Å². The van der Waals surface area contributed by atoms with E-state index in [1.807, 2.05) is 27.7 Å². The average Bonchev–Trinajstić information content (AvgIpc) is 2.47. The van der Waals surface area contributed by atoms with Crippen molar-refractivity contribution >= 4 is 11.9 Å². The molecule has 0 bridgehead atoms. The number of carboxylic acids is 1. The number of carbonyl (C=O) groups is 2. The highest BCUT2D eigenvalue weighted by Gasteiger charge is 2.15. The molecule has 5 nitrogen and oxygen atoms in total. The molecule has 0 amide bonds. The fourth-order valence-corrected chi connectivity index (χ4v) is 2.40. The fraction of sp³-hybridized carbons (Fsp3) is 0.600. The van der Waals surface area contributed by atoms with Gasteiger partial charge in [-0.3, -0.25) is 4.79 Å². The van der Waals surface area contributed by atoms with Gasteiger partial charge in [-0.2, -0.15) is 0 Å². The molecule has 0 aliphatic carbocycles. The molecule has 0 radical (unpaired) electrons. The molecule has 0 unspecified atom stereocenters. The van der Waals surface area contributed by atoms with Crippen LogP contribution in [-0.4, -0.2) is 29.3 Å². The quantitative estimate of drug-likeness (QED) is 0.487. The van der Waals surface area contributed by atoms with Gasteiger partial charge in [0.05, 0.1) is 6.61 Å². The summed E-state index contributed by atoms with van der Waals surface area (Å²) in [4.78, 5) is 22.7. The highest BCUT2D eigenvalue weighted by Crippen LogP contribution is 2.21. The number of carboxylic acid groups (broad SMARTS) is 1. The molecule has 5 heteroatoms. The summed E-state index contributed by atoms with van der Waals surface area (Å²) in [7, 11) is 0. The van der Waals surface area contributed by atoms with Gasteiger partial charge >= 0.3 is 11.9 Å². The predicted octanol–water partition coefficient (Wildman–Crippen LogP) is 4.75. The molecule has 0 heterocycles. The Balaban J connectivity index is 2.16. The minimum absolute atomic E-state index is 0.142. The molecule has 0 fully saturated rings. The lowest BCUT2D eigenvalue weighted by molar-refractivity contribution is -0.154. The number of hydrogen-bond donors (Lipinski definition) is 1. The third kappa shape index (κ3) is 9.13. The first-order valence-electron chi connectivity index (χ1n) is 8.87. The van der Waals surface area contributed by atoms with Crippen molar-refractivity contribution in [3.05, 3.63) is 29.3 Å². The molecule has 0 aromatic heterocycles. The smallest absolute Gasteiger partial charge is 0.339 e. The summed E-state index contributed by atoms with van der Waals surface area (Å²) < 4.78 is 10.9. The van der Waals surface area contributed by atoms with Gasteiger partial charge in [-0.1, -0.05) is 25.3 Å². The first kappa shape index (κ1) is 21.0. The molecule has 1 aromatic rings. The number of esters is 1. The zero-order chi connectivity index (χ0) is 18.9. The monoisotopic (exact) mass is 350 g/mol. The summed E-state index contributed by atoms with van der Waals surface area (Å²) in [5.74, 6) is -0.689. The molecule has 1 rings (SSSR count). The van der Waals surface area contributed by atoms with Crippen molar-refractivity contribution in [3.8, 4) is 5.75 Å². The second-order valence-electron chi connectivity index (χ2n) is 7.26. The van der Waals surface area contributed by atoms with Gasteiger partial charge in [0.25, 0.3) is 0 Å². The van der Waals surface area contributed by atoms with Crippen LogP contribution in [0, 0.1) is 6.92 Å². The second kappa shape index (κ2) is 10.1. The lowest BCUT2D eigenvalue weighted by Crippen LogP contribution is -2.23. The number of carbonyl (C=O) groups excluding carboxylic acids is 1. The van der Waals surface area contributed by atoms with E-state index in [1.165, 1.54) is 0 Å². The van der Waals surface area contributed by atoms with E-state index in [0.717, 1.165) is 37.7 Å². The van der Waals surface area contributed by atoms with Crippen LogP contribution in [0.1, 0.15) is 75.2 Å². The van der Waals surface area contributed by atoms with Gasteiger partial charge in [-0.15, -0.1) is 0 Å². The minimum atomic E-state index is -0.975. The van der Waals surface area contributed by atoms with Gasteiger partial charge in [0, 0.05) is 6.42 Å². The molecule has 0 aliphatic heterocycles. The van der Waals surface area contributed by atoms with E-state index in [2.05, 4.69) is 0 Å². The minimum Gasteiger partial charge on any atom is -0.493 e. The normalized spacial score (nSPS) is 11.2. The third-order valence-corrected chi connectivity index (χ3v) is 3.57. The average molecular weight is 350 g/mol. The van der Waals surface area contributed by atoms with Crippen molar-refractivity contribution in [3.63, 3.8) is 0 Å². The molecular weight excluding hydrogens is 320 g/mol. The van der Waals surface area contributed by atoms with Gasteiger partial charge in [-0.05, 0) is 58.2 Å². The van der Waals surface area contributed by atoms with E-state index in [-0.39, 0.29) is 11.5 Å². The van der Waals surface area contributed by atoms with Crippen LogP contribution in [0.25, 0.3) is 0 Å². The van der Waals surface area contributed by atoms with Crippen molar-refractivity contribution < 1.29 is 24.2 Å². The molecule has 140 valence electrons. The van der Waals surface area contributed by atoms with Crippen LogP contribution in [0.5, 0.6) is 5.75 Å². The summed E-state index contributed by atoms with van der Waals surface area (Å²) in [6.45, 7) is 8.01. The number of aryl methyl sites for hydroxylation is 1. The van der Waals surface area contributed by atoms with Crippen molar-refractivity contribution in [2.75, 3.05) is 6.61 Å². The molecule has 0 spiro atoms. The number of hydrogen-bond acceptors (Lipinski definition) is 4. The molecule has 25 heavy (non-hydrogen) atoms. The molecule has 1 aromatic carbocycles. The lowest BCUT2D eigenvalue weighted by Gasteiger charge is -2.19. The Bertz CT molecular complexity index is 572. The summed E-state index contributed by atoms with van der Waals surface area (Å²) in [5, 5.41) is 9.15. The summed E-state index contributed by atoms with van der Waals surface area (Å²) >= 11 is 0. The molecule has 1 N–H and O–H groups in total. The van der Waals surface area contributed by atoms with Crippen LogP contribution in [-0.2, 0) is 9.53 Å². The van der Waals surface area contributed by atoms with Crippen LogP contribution in [0.4, 0.5) is 0 Å². The van der Waals surface area contributed by atoms with Crippen molar-refractivity contribution in [2.45, 2.75) is 71.8 Å². The Hall–Kier alpha value is -2.04. The van der Waals surface area contributed by atoms with Gasteiger partial charge < -0.3 is 14.6 Å². The van der Waals surface area contributed by atoms with Gasteiger partial charge in [0.1, 0.15) is 16.9 Å². The van der Waals surface area contributed by atoms with Gasteiger partial charge in [-0.25, -0.2) is 4.79 Å². The van der Waals surface area contributed by atoms with Crippen LogP contribution in [0.2, 0.25) is 0 Å². The number of benzene rings is 1. The Morgan fingerprint density at radius 1 is 1.04 bits per heavy atom. The predicted molar refractivity (Wildman–Crippen MR) is 97.2 cm³/mol. The first-order chi connectivity index (χ1) is 11.7. The molecular formula is C20H30O5. The Labute approximate surface area is 150 Å². The van der Waals surface area contributed by atoms with Crippen LogP contribution in [0.3, 0.4) is 0 Å². The van der Waals surface area contributed by atoms with Gasteiger partial charge in [0.2, 0.25) is 0 Å². The highest BCUT2D eigenvalue weighted by atomic mass is 16.6. The fourth-order valence-electron chi connectivity index (χ4n) is 2.40. The molecule has 0 saturated carbocycles. The Morgan fingerprint density at radius 3 is 2.32 bits per heavy atom. The lowest BCUT2D eigenvalue weighted by atomic mass is 10.1. The number of aromatic carboxylic acids is 1. The maximum atomic E-state index is 11.6. The maximum Gasteiger partial charge on any atom is 0.339 e. The van der Waals surface area contributed by atoms with Crippen LogP contribution < -0.4 is 4.74 Å².